The first-order valence-corrected chi connectivity index (χ1v) is 29.0. The third-order valence-corrected chi connectivity index (χ3v) is 13.9. The molecule has 0 saturated carbocycles. The van der Waals surface area contributed by atoms with Crippen LogP contribution >= 0.6 is 0 Å². The van der Waals surface area contributed by atoms with Crippen LogP contribution in [0.2, 0.25) is 0 Å². The van der Waals surface area contributed by atoms with Crippen molar-refractivity contribution in [1.29, 1.82) is 0 Å². The average molecular weight is 891 g/mol. The van der Waals surface area contributed by atoms with E-state index in [0.717, 1.165) is 38.5 Å². The van der Waals surface area contributed by atoms with Crippen molar-refractivity contribution in [1.82, 2.24) is 5.32 Å². The number of amides is 1. The van der Waals surface area contributed by atoms with Crippen LogP contribution in [-0.2, 0) is 4.79 Å². The van der Waals surface area contributed by atoms with Crippen molar-refractivity contribution in [2.45, 2.75) is 347 Å². The normalized spacial score (nSPS) is 13.3. The van der Waals surface area contributed by atoms with Gasteiger partial charge in [-0.05, 0) is 38.5 Å². The van der Waals surface area contributed by atoms with Crippen molar-refractivity contribution in [3.8, 4) is 0 Å². The smallest absolute Gasteiger partial charge is 0.220 e. The van der Waals surface area contributed by atoms with E-state index in [9.17, 15) is 20.1 Å². The van der Waals surface area contributed by atoms with Gasteiger partial charge in [0.1, 0.15) is 6.10 Å². The summed E-state index contributed by atoms with van der Waals surface area (Å²) in [6, 6.07) is -0.821. The summed E-state index contributed by atoms with van der Waals surface area (Å²) < 4.78 is 0. The van der Waals surface area contributed by atoms with Gasteiger partial charge in [0, 0.05) is 6.42 Å². The second-order valence-electron chi connectivity index (χ2n) is 20.2. The molecule has 0 rings (SSSR count). The van der Waals surface area contributed by atoms with Crippen LogP contribution in [0.4, 0.5) is 0 Å². The van der Waals surface area contributed by atoms with Crippen LogP contribution in [0.15, 0.2) is 12.2 Å². The molecule has 0 aromatic rings. The largest absolute Gasteiger partial charge is 0.394 e. The van der Waals surface area contributed by atoms with Crippen LogP contribution < -0.4 is 5.32 Å². The van der Waals surface area contributed by atoms with Crippen molar-refractivity contribution < 1.29 is 20.1 Å². The molecule has 3 atom stereocenters. The minimum absolute atomic E-state index is 0.149. The van der Waals surface area contributed by atoms with E-state index in [-0.39, 0.29) is 12.5 Å². The Labute approximate surface area is 395 Å². The van der Waals surface area contributed by atoms with E-state index in [1.54, 1.807) is 0 Å². The van der Waals surface area contributed by atoms with E-state index in [4.69, 9.17) is 0 Å². The van der Waals surface area contributed by atoms with Gasteiger partial charge in [0.2, 0.25) is 5.91 Å². The quantitative estimate of drug-likeness (QED) is 0.0362. The molecule has 0 heterocycles. The summed E-state index contributed by atoms with van der Waals surface area (Å²) in [4.78, 5) is 12.4. The number of aliphatic hydroxyl groups excluding tert-OH is 3. The molecule has 3 unspecified atom stereocenters. The molecule has 376 valence electrons. The van der Waals surface area contributed by atoms with Gasteiger partial charge in [0.25, 0.3) is 0 Å². The molecule has 5 nitrogen and oxygen atoms in total. The molecular formula is C58H115NO4. The van der Waals surface area contributed by atoms with Gasteiger partial charge < -0.3 is 20.6 Å². The maximum Gasteiger partial charge on any atom is 0.220 e. The Hall–Kier alpha value is -0.910. The lowest BCUT2D eigenvalue weighted by atomic mass is 10.0. The molecule has 0 aliphatic carbocycles. The fourth-order valence-electron chi connectivity index (χ4n) is 9.40. The van der Waals surface area contributed by atoms with Crippen molar-refractivity contribution in [2.24, 2.45) is 0 Å². The van der Waals surface area contributed by atoms with Gasteiger partial charge in [-0.25, -0.2) is 0 Å². The van der Waals surface area contributed by atoms with E-state index in [2.05, 4.69) is 31.3 Å². The fraction of sp³-hybridized carbons (Fsp3) is 0.948. The highest BCUT2D eigenvalue weighted by Gasteiger charge is 2.26. The Morgan fingerprint density at radius 3 is 0.921 bits per heavy atom. The number of unbranched alkanes of at least 4 members (excludes halogenated alkanes) is 44. The molecule has 0 aliphatic heterocycles. The van der Waals surface area contributed by atoms with Crippen LogP contribution in [0, 0.1) is 0 Å². The molecule has 0 bridgehead atoms. The topological polar surface area (TPSA) is 89.8 Å². The summed E-state index contributed by atoms with van der Waals surface area (Å²) in [5.74, 6) is -0.149. The Bertz CT molecular complexity index is 894. The van der Waals surface area contributed by atoms with Crippen LogP contribution in [0.25, 0.3) is 0 Å². The predicted molar refractivity (Wildman–Crippen MR) is 278 cm³/mol. The third-order valence-electron chi connectivity index (χ3n) is 13.9. The van der Waals surface area contributed by atoms with Crippen LogP contribution in [0.1, 0.15) is 328 Å². The fourth-order valence-corrected chi connectivity index (χ4v) is 9.40. The maximum absolute atomic E-state index is 12.4. The molecule has 0 saturated heterocycles. The van der Waals surface area contributed by atoms with Gasteiger partial charge in [-0.2, -0.15) is 0 Å². The Morgan fingerprint density at radius 1 is 0.381 bits per heavy atom. The molecule has 0 aliphatic rings. The number of carbonyl (C=O) groups is 1. The summed E-state index contributed by atoms with van der Waals surface area (Å²) in [6.07, 6.45) is 67.1. The molecule has 0 aromatic carbocycles. The third kappa shape index (κ3) is 48.8. The van der Waals surface area contributed by atoms with Gasteiger partial charge in [-0.1, -0.05) is 296 Å². The second kappa shape index (κ2) is 53.7. The zero-order chi connectivity index (χ0) is 45.8. The molecule has 0 fully saturated rings. The number of allylic oxidation sites excluding steroid dienone is 2. The van der Waals surface area contributed by atoms with E-state index in [0.29, 0.717) is 12.8 Å². The van der Waals surface area contributed by atoms with Gasteiger partial charge in [0.15, 0.2) is 0 Å². The van der Waals surface area contributed by atoms with Crippen molar-refractivity contribution in [2.75, 3.05) is 6.61 Å². The first-order chi connectivity index (χ1) is 31.1. The van der Waals surface area contributed by atoms with Gasteiger partial charge in [-0.3, -0.25) is 4.79 Å². The number of hydrogen-bond donors (Lipinski definition) is 4. The SMILES string of the molecule is CCCCCCC/C=C/CCCC(O)C(O)C(CO)NC(=O)CCCCCCCCCCCCCCCCCCCCCCCCCCCCCCCCCCCCCCCCC. The van der Waals surface area contributed by atoms with Crippen LogP contribution in [-0.4, -0.2) is 46.1 Å². The zero-order valence-corrected chi connectivity index (χ0v) is 43.0. The second-order valence-corrected chi connectivity index (χ2v) is 20.2. The highest BCUT2D eigenvalue weighted by molar-refractivity contribution is 5.76. The molecule has 63 heavy (non-hydrogen) atoms. The number of hydrogen-bond acceptors (Lipinski definition) is 4. The molecule has 0 aromatic heterocycles. The lowest BCUT2D eigenvalue weighted by Gasteiger charge is -2.26. The first kappa shape index (κ1) is 62.1. The average Bonchev–Trinajstić information content (AvgIpc) is 3.29. The van der Waals surface area contributed by atoms with Gasteiger partial charge in [-0.15, -0.1) is 0 Å². The molecule has 4 N–H and O–H groups in total. The first-order valence-electron chi connectivity index (χ1n) is 29.0. The number of aliphatic hydroxyl groups is 3. The van der Waals surface area contributed by atoms with Crippen molar-refractivity contribution in [3.05, 3.63) is 12.2 Å². The summed E-state index contributed by atoms with van der Waals surface area (Å²) in [6.45, 7) is 4.16. The number of rotatable bonds is 54. The highest BCUT2D eigenvalue weighted by Crippen LogP contribution is 2.18. The zero-order valence-electron chi connectivity index (χ0n) is 43.0. The number of nitrogens with one attached hydrogen (secondary N) is 1. The molecule has 0 radical (unpaired) electrons. The summed E-state index contributed by atoms with van der Waals surface area (Å²) in [5, 5.41) is 33.5. The molecule has 1 amide bonds. The van der Waals surface area contributed by atoms with E-state index in [1.807, 2.05) is 0 Å². The minimum atomic E-state index is -1.15. The van der Waals surface area contributed by atoms with E-state index >= 15 is 0 Å². The number of carbonyl (C=O) groups excluding carboxylic acids is 1. The predicted octanol–water partition coefficient (Wildman–Crippen LogP) is 17.9. The summed E-state index contributed by atoms with van der Waals surface area (Å²) >= 11 is 0. The Balaban J connectivity index is 3.36. The Kier molecular flexibility index (Phi) is 52.9. The molecule has 5 heteroatoms. The lowest BCUT2D eigenvalue weighted by Crippen LogP contribution is -2.50. The summed E-state index contributed by atoms with van der Waals surface area (Å²) in [5.41, 5.74) is 0. The molecule has 0 spiro atoms. The lowest BCUT2D eigenvalue weighted by molar-refractivity contribution is -0.124. The van der Waals surface area contributed by atoms with E-state index in [1.165, 1.54) is 263 Å². The van der Waals surface area contributed by atoms with Gasteiger partial charge in [0.05, 0.1) is 18.8 Å². The Morgan fingerprint density at radius 2 is 0.635 bits per heavy atom. The maximum atomic E-state index is 12.4. The summed E-state index contributed by atoms with van der Waals surface area (Å²) in [7, 11) is 0. The van der Waals surface area contributed by atoms with Gasteiger partial charge >= 0.3 is 0 Å². The molecular weight excluding hydrogens is 775 g/mol. The van der Waals surface area contributed by atoms with Crippen molar-refractivity contribution >= 4 is 5.91 Å². The minimum Gasteiger partial charge on any atom is -0.394 e. The monoisotopic (exact) mass is 890 g/mol. The standard InChI is InChI=1S/C58H115NO4/c1-3-5-7-9-11-13-15-16-17-18-19-20-21-22-23-24-25-26-27-28-29-30-31-32-33-34-35-36-37-38-39-40-41-42-43-45-47-49-51-53-57(62)59-55(54-60)58(63)56(61)52-50-48-46-44-14-12-10-8-6-4-2/h44,46,55-56,58,60-61,63H,3-43,45,47-54H2,1-2H3,(H,59,62)/b46-44+. The van der Waals surface area contributed by atoms with E-state index < -0.39 is 18.2 Å². The highest BCUT2D eigenvalue weighted by atomic mass is 16.3. The van der Waals surface area contributed by atoms with Crippen LogP contribution in [0.3, 0.4) is 0 Å². The van der Waals surface area contributed by atoms with Crippen LogP contribution in [0.5, 0.6) is 0 Å². The van der Waals surface area contributed by atoms with Crippen molar-refractivity contribution in [3.63, 3.8) is 0 Å².